The van der Waals surface area contributed by atoms with E-state index in [2.05, 4.69) is 36.3 Å². The van der Waals surface area contributed by atoms with Crippen LogP contribution in [-0.2, 0) is 0 Å². The lowest BCUT2D eigenvalue weighted by atomic mass is 10.0. The fourth-order valence-corrected chi connectivity index (χ4v) is 1.67. The van der Waals surface area contributed by atoms with Gasteiger partial charge in [0.15, 0.2) is 0 Å². The van der Waals surface area contributed by atoms with Crippen molar-refractivity contribution in [3.8, 4) is 0 Å². The first-order valence-corrected chi connectivity index (χ1v) is 3.99. The Morgan fingerprint density at radius 1 is 1.25 bits per heavy atom. The van der Waals surface area contributed by atoms with E-state index < -0.39 is 0 Å². The van der Waals surface area contributed by atoms with Crippen LogP contribution in [0.25, 0.3) is 0 Å². The monoisotopic (exact) mass is 160 g/mol. The van der Waals surface area contributed by atoms with Crippen molar-refractivity contribution in [2.24, 2.45) is 0 Å². The number of nitrogens with zero attached hydrogens (tertiary/aromatic N) is 2. The number of allylic oxidation sites excluding steroid dienone is 4. The van der Waals surface area contributed by atoms with Crippen LogP contribution in [0.4, 0.5) is 0 Å². The molecule has 0 spiro atoms. The van der Waals surface area contributed by atoms with E-state index in [1.54, 1.807) is 0 Å². The largest absolute Gasteiger partial charge is 0.280 e. The van der Waals surface area contributed by atoms with Gasteiger partial charge in [-0.3, -0.25) is 5.01 Å². The molecule has 2 atom stereocenters. The Labute approximate surface area is 72.7 Å². The number of hydrogen-bond donors (Lipinski definition) is 0. The van der Waals surface area contributed by atoms with Gasteiger partial charge in [-0.25, -0.2) is 0 Å². The number of hydrazine groups is 1. The summed E-state index contributed by atoms with van der Waals surface area (Å²) in [5, 5.41) is 4.40. The molecule has 0 N–H and O–H groups in total. The molecule has 2 unspecified atom stereocenters. The SMILES string of the molecule is C=C/C=C1\C(=C/C=C)N2C1N2C. The van der Waals surface area contributed by atoms with Gasteiger partial charge in [-0.05, 0) is 6.08 Å². The van der Waals surface area contributed by atoms with Crippen LogP contribution in [0.2, 0.25) is 0 Å². The maximum Gasteiger partial charge on any atom is 0.142 e. The third-order valence-electron chi connectivity index (χ3n) is 2.26. The van der Waals surface area contributed by atoms with Gasteiger partial charge in [0.2, 0.25) is 0 Å². The van der Waals surface area contributed by atoms with Gasteiger partial charge < -0.3 is 0 Å². The average Bonchev–Trinajstić information content (AvgIpc) is 2.63. The maximum atomic E-state index is 3.69. The predicted octanol–water partition coefficient (Wildman–Crippen LogP) is 1.67. The Hall–Kier alpha value is -1.28. The molecule has 0 radical (unpaired) electrons. The molecule has 12 heavy (non-hydrogen) atoms. The van der Waals surface area contributed by atoms with Crippen LogP contribution in [0, 0.1) is 0 Å². The molecule has 62 valence electrons. The van der Waals surface area contributed by atoms with Crippen LogP contribution < -0.4 is 0 Å². The van der Waals surface area contributed by atoms with Crippen molar-refractivity contribution in [3.63, 3.8) is 0 Å². The molecule has 0 bridgehead atoms. The summed E-state index contributed by atoms with van der Waals surface area (Å²) in [5.41, 5.74) is 2.59. The highest BCUT2D eigenvalue weighted by molar-refractivity contribution is 5.51. The lowest BCUT2D eigenvalue weighted by Gasteiger charge is -2.19. The molecule has 0 aromatic heterocycles. The lowest BCUT2D eigenvalue weighted by molar-refractivity contribution is 0.422. The van der Waals surface area contributed by atoms with E-state index in [0.717, 1.165) is 0 Å². The normalized spacial score (nSPS) is 37.6. The zero-order valence-corrected chi connectivity index (χ0v) is 7.20. The third kappa shape index (κ3) is 0.728. The second kappa shape index (κ2) is 2.35. The first-order valence-electron chi connectivity index (χ1n) is 3.99. The summed E-state index contributed by atoms with van der Waals surface area (Å²) in [7, 11) is 2.07. The van der Waals surface area contributed by atoms with E-state index in [0.29, 0.717) is 6.17 Å². The van der Waals surface area contributed by atoms with Crippen LogP contribution in [0.3, 0.4) is 0 Å². The quantitative estimate of drug-likeness (QED) is 0.567. The van der Waals surface area contributed by atoms with Gasteiger partial charge in [0, 0.05) is 12.6 Å². The Balaban J connectivity index is 2.26. The maximum absolute atomic E-state index is 3.69. The van der Waals surface area contributed by atoms with E-state index in [4.69, 9.17) is 0 Å². The minimum Gasteiger partial charge on any atom is -0.280 e. The second-order valence-corrected chi connectivity index (χ2v) is 2.94. The van der Waals surface area contributed by atoms with Gasteiger partial charge in [-0.15, -0.1) is 0 Å². The van der Waals surface area contributed by atoms with Crippen LogP contribution in [0.1, 0.15) is 0 Å². The number of fused-ring (bicyclic) bond motifs is 1. The van der Waals surface area contributed by atoms with Gasteiger partial charge in [0.1, 0.15) is 6.17 Å². The second-order valence-electron chi connectivity index (χ2n) is 2.94. The minimum absolute atomic E-state index is 0.509. The Kier molecular flexibility index (Phi) is 1.45. The van der Waals surface area contributed by atoms with E-state index in [9.17, 15) is 0 Å². The van der Waals surface area contributed by atoms with Gasteiger partial charge in [-0.2, -0.15) is 5.01 Å². The van der Waals surface area contributed by atoms with Crippen molar-refractivity contribution < 1.29 is 0 Å². The fourth-order valence-electron chi connectivity index (χ4n) is 1.67. The predicted molar refractivity (Wildman–Crippen MR) is 50.0 cm³/mol. The summed E-state index contributed by atoms with van der Waals surface area (Å²) in [6.45, 7) is 7.37. The van der Waals surface area contributed by atoms with Crippen LogP contribution in [0.15, 0.2) is 48.7 Å². The first kappa shape index (κ1) is 7.37. The number of hydrogen-bond acceptors (Lipinski definition) is 2. The lowest BCUT2D eigenvalue weighted by Crippen LogP contribution is -2.19. The van der Waals surface area contributed by atoms with Crippen LogP contribution in [-0.4, -0.2) is 23.2 Å². The van der Waals surface area contributed by atoms with Crippen molar-refractivity contribution in [1.29, 1.82) is 0 Å². The molecule has 2 aliphatic rings. The summed E-state index contributed by atoms with van der Waals surface area (Å²) in [4.78, 5) is 0. The molecule has 0 aliphatic carbocycles. The van der Waals surface area contributed by atoms with Crippen molar-refractivity contribution in [3.05, 3.63) is 48.7 Å². The molecule has 2 rings (SSSR count). The van der Waals surface area contributed by atoms with E-state index in [-0.39, 0.29) is 0 Å². The highest BCUT2D eigenvalue weighted by Crippen LogP contribution is 2.50. The molecule has 2 heterocycles. The van der Waals surface area contributed by atoms with Crippen molar-refractivity contribution >= 4 is 0 Å². The summed E-state index contributed by atoms with van der Waals surface area (Å²) in [5.74, 6) is 0. The molecule has 0 aromatic rings. The Morgan fingerprint density at radius 3 is 2.50 bits per heavy atom. The highest BCUT2D eigenvalue weighted by atomic mass is 15.9. The molecule has 2 saturated heterocycles. The molecular formula is C10H12N2. The molecule has 2 fully saturated rings. The van der Waals surface area contributed by atoms with E-state index in [1.807, 2.05) is 18.2 Å². The molecular weight excluding hydrogens is 148 g/mol. The summed E-state index contributed by atoms with van der Waals surface area (Å²) < 4.78 is 0. The van der Waals surface area contributed by atoms with Gasteiger partial charge in [0.05, 0.1) is 5.70 Å². The Morgan fingerprint density at radius 2 is 1.92 bits per heavy atom. The van der Waals surface area contributed by atoms with E-state index in [1.165, 1.54) is 11.3 Å². The molecule has 0 amide bonds. The smallest absolute Gasteiger partial charge is 0.142 e. The van der Waals surface area contributed by atoms with Gasteiger partial charge in [-0.1, -0.05) is 31.4 Å². The zero-order chi connectivity index (χ0) is 8.72. The number of rotatable bonds is 2. The third-order valence-corrected chi connectivity index (χ3v) is 2.26. The standard InChI is InChI=1S/C10H12N2/c1-4-6-8-9(7-5-2)12-10(8)11(12)3/h4-7,10H,1-2H2,3H3/b8-6+,9-7+. The zero-order valence-electron chi connectivity index (χ0n) is 7.20. The Bertz CT molecular complexity index is 269. The van der Waals surface area contributed by atoms with Gasteiger partial charge in [0.25, 0.3) is 0 Å². The minimum atomic E-state index is 0.509. The molecule has 0 saturated carbocycles. The van der Waals surface area contributed by atoms with Crippen LogP contribution in [0.5, 0.6) is 0 Å². The van der Waals surface area contributed by atoms with Crippen molar-refractivity contribution in [1.82, 2.24) is 10.0 Å². The summed E-state index contributed by atoms with van der Waals surface area (Å²) in [6.07, 6.45) is 8.23. The summed E-state index contributed by atoms with van der Waals surface area (Å²) >= 11 is 0. The first-order chi connectivity index (χ1) is 5.81. The molecule has 0 aromatic carbocycles. The van der Waals surface area contributed by atoms with Crippen LogP contribution >= 0.6 is 0 Å². The highest BCUT2D eigenvalue weighted by Gasteiger charge is 2.57. The fraction of sp³-hybridized carbons (Fsp3) is 0.200. The molecule has 2 heteroatoms. The van der Waals surface area contributed by atoms with E-state index >= 15 is 0 Å². The average molecular weight is 160 g/mol. The van der Waals surface area contributed by atoms with Crippen molar-refractivity contribution in [2.75, 3.05) is 7.05 Å². The molecule has 2 aliphatic heterocycles. The summed E-state index contributed by atoms with van der Waals surface area (Å²) in [6, 6.07) is 0. The van der Waals surface area contributed by atoms with Crippen molar-refractivity contribution in [2.45, 2.75) is 6.17 Å². The topological polar surface area (TPSA) is 6.02 Å². The van der Waals surface area contributed by atoms with Gasteiger partial charge >= 0.3 is 0 Å². The molecule has 2 nitrogen and oxygen atoms in total. The number of likely N-dealkylation sites (N-methyl/N-ethyl adjacent to an activating group) is 1.